The van der Waals surface area contributed by atoms with Crippen LogP contribution < -0.4 is 10.6 Å². The summed E-state index contributed by atoms with van der Waals surface area (Å²) in [4.78, 5) is 36.1. The van der Waals surface area contributed by atoms with Gasteiger partial charge in [-0.15, -0.1) is 35.3 Å². The predicted octanol–water partition coefficient (Wildman–Crippen LogP) is 3.16. The van der Waals surface area contributed by atoms with Crippen molar-refractivity contribution in [2.24, 2.45) is 4.99 Å². The Balaban J connectivity index is 0.00000320. The third kappa shape index (κ3) is 5.78. The zero-order chi connectivity index (χ0) is 20.8. The van der Waals surface area contributed by atoms with Crippen LogP contribution in [0.4, 0.5) is 0 Å². The molecule has 1 aromatic carbocycles. The lowest BCUT2D eigenvalue weighted by molar-refractivity contribution is 0.0652. The summed E-state index contributed by atoms with van der Waals surface area (Å²) in [5.41, 5.74) is 2.11. The molecule has 9 heteroatoms. The van der Waals surface area contributed by atoms with Gasteiger partial charge in [0.1, 0.15) is 0 Å². The van der Waals surface area contributed by atoms with Gasteiger partial charge in [-0.05, 0) is 38.8 Å². The van der Waals surface area contributed by atoms with Crippen LogP contribution in [0.3, 0.4) is 0 Å². The van der Waals surface area contributed by atoms with E-state index in [0.717, 1.165) is 49.0 Å². The third-order valence-electron chi connectivity index (χ3n) is 4.91. The fourth-order valence-electron chi connectivity index (χ4n) is 3.20. The molecule has 0 aliphatic carbocycles. The van der Waals surface area contributed by atoms with Gasteiger partial charge < -0.3 is 10.6 Å². The fraction of sp³-hybridized carbons (Fsp3) is 0.429. The first-order valence-electron chi connectivity index (χ1n) is 9.84. The Morgan fingerprint density at radius 2 is 1.70 bits per heavy atom. The Morgan fingerprint density at radius 1 is 1.07 bits per heavy atom. The number of nitrogens with zero attached hydrogens (tertiary/aromatic N) is 3. The van der Waals surface area contributed by atoms with Gasteiger partial charge in [0.25, 0.3) is 11.8 Å². The number of imide groups is 1. The lowest BCUT2D eigenvalue weighted by Gasteiger charge is -2.14. The number of carbonyl (C=O) groups is 2. The van der Waals surface area contributed by atoms with E-state index in [-0.39, 0.29) is 35.8 Å². The number of aromatic nitrogens is 1. The lowest BCUT2D eigenvalue weighted by Crippen LogP contribution is -2.39. The molecule has 2 aromatic rings. The number of guanidine groups is 1. The second-order valence-corrected chi connectivity index (χ2v) is 8.23. The average molecular weight is 541 g/mol. The van der Waals surface area contributed by atoms with Crippen LogP contribution in [0.15, 0.2) is 29.3 Å². The molecule has 0 spiro atoms. The summed E-state index contributed by atoms with van der Waals surface area (Å²) in [7, 11) is 1.74. The van der Waals surface area contributed by atoms with E-state index in [4.69, 9.17) is 0 Å². The number of aryl methyl sites for hydroxylation is 2. The molecule has 7 nitrogen and oxygen atoms in total. The van der Waals surface area contributed by atoms with Gasteiger partial charge in [-0.25, -0.2) is 4.98 Å². The number of rotatable bonds is 8. The summed E-state index contributed by atoms with van der Waals surface area (Å²) < 4.78 is 0. The van der Waals surface area contributed by atoms with Crippen molar-refractivity contribution in [3.63, 3.8) is 0 Å². The number of carbonyl (C=O) groups excluding carboxylic acids is 2. The molecule has 162 valence electrons. The van der Waals surface area contributed by atoms with Gasteiger partial charge in [-0.3, -0.25) is 19.5 Å². The summed E-state index contributed by atoms with van der Waals surface area (Å²) in [6.07, 6.45) is 2.44. The Morgan fingerprint density at radius 3 is 2.27 bits per heavy atom. The van der Waals surface area contributed by atoms with Gasteiger partial charge in [0.05, 0.1) is 21.8 Å². The van der Waals surface area contributed by atoms with E-state index in [9.17, 15) is 9.59 Å². The normalized spacial score (nSPS) is 13.3. The molecule has 2 heterocycles. The van der Waals surface area contributed by atoms with Crippen molar-refractivity contribution in [2.45, 2.75) is 33.1 Å². The summed E-state index contributed by atoms with van der Waals surface area (Å²) >= 11 is 1.73. The largest absolute Gasteiger partial charge is 0.356 e. The molecule has 0 fully saturated rings. The number of hydrogen-bond donors (Lipinski definition) is 2. The standard InChI is InChI=1S/C21H27N5O2S.HI/c1-14-15(2)29-18(25-14)10-12-24-21(22-3)23-11-6-7-13-26-19(27)16-8-4-5-9-17(16)20(26)28;/h4-5,8-9H,6-7,10-13H2,1-3H3,(H2,22,23,24);1H. The molecule has 0 atom stereocenters. The molecule has 2 N–H and O–H groups in total. The second-order valence-electron chi connectivity index (χ2n) is 6.94. The van der Waals surface area contributed by atoms with E-state index in [1.165, 1.54) is 9.78 Å². The number of thiazole rings is 1. The predicted molar refractivity (Wildman–Crippen MR) is 131 cm³/mol. The van der Waals surface area contributed by atoms with Gasteiger partial charge in [0.15, 0.2) is 5.96 Å². The van der Waals surface area contributed by atoms with Crippen LogP contribution in [-0.4, -0.2) is 54.3 Å². The number of benzene rings is 1. The molecule has 0 radical (unpaired) electrons. The topological polar surface area (TPSA) is 86.7 Å². The van der Waals surface area contributed by atoms with Crippen LogP contribution in [-0.2, 0) is 6.42 Å². The molecule has 0 unspecified atom stereocenters. The summed E-state index contributed by atoms with van der Waals surface area (Å²) in [6, 6.07) is 6.99. The first kappa shape index (κ1) is 24.3. The average Bonchev–Trinajstić information content (AvgIpc) is 3.17. The van der Waals surface area contributed by atoms with Crippen molar-refractivity contribution in [1.29, 1.82) is 0 Å². The summed E-state index contributed by atoms with van der Waals surface area (Å²) in [5, 5.41) is 7.69. The number of unbranched alkanes of at least 4 members (excludes halogenated alkanes) is 1. The van der Waals surface area contributed by atoms with Crippen LogP contribution in [0.1, 0.15) is 49.1 Å². The molecule has 2 amide bonds. The number of halogens is 1. The highest BCUT2D eigenvalue weighted by molar-refractivity contribution is 14.0. The van der Waals surface area contributed by atoms with E-state index in [1.807, 2.05) is 6.92 Å². The van der Waals surface area contributed by atoms with Crippen molar-refractivity contribution in [1.82, 2.24) is 20.5 Å². The number of fused-ring (bicyclic) bond motifs is 1. The molecular formula is C21H28IN5O2S. The number of hydrogen-bond acceptors (Lipinski definition) is 5. The van der Waals surface area contributed by atoms with Gasteiger partial charge >= 0.3 is 0 Å². The molecule has 0 saturated carbocycles. The van der Waals surface area contributed by atoms with Gasteiger partial charge in [0.2, 0.25) is 0 Å². The fourth-order valence-corrected chi connectivity index (χ4v) is 4.13. The molecule has 0 saturated heterocycles. The van der Waals surface area contributed by atoms with E-state index in [1.54, 1.807) is 42.6 Å². The minimum atomic E-state index is -0.191. The highest BCUT2D eigenvalue weighted by Gasteiger charge is 2.34. The summed E-state index contributed by atoms with van der Waals surface area (Å²) in [5.74, 6) is 0.364. The monoisotopic (exact) mass is 541 g/mol. The maximum atomic E-state index is 12.3. The minimum Gasteiger partial charge on any atom is -0.356 e. The molecule has 3 rings (SSSR count). The highest BCUT2D eigenvalue weighted by atomic mass is 127. The van der Waals surface area contributed by atoms with Crippen LogP contribution in [0, 0.1) is 13.8 Å². The van der Waals surface area contributed by atoms with Gasteiger partial charge in [-0.1, -0.05) is 12.1 Å². The van der Waals surface area contributed by atoms with Gasteiger partial charge in [-0.2, -0.15) is 0 Å². The maximum Gasteiger partial charge on any atom is 0.261 e. The van der Waals surface area contributed by atoms with Crippen LogP contribution in [0.25, 0.3) is 0 Å². The zero-order valence-electron chi connectivity index (χ0n) is 17.5. The van der Waals surface area contributed by atoms with Crippen molar-refractivity contribution in [3.05, 3.63) is 51.0 Å². The molecule has 1 aliphatic rings. The van der Waals surface area contributed by atoms with Gasteiger partial charge in [0, 0.05) is 38.0 Å². The lowest BCUT2D eigenvalue weighted by atomic mass is 10.1. The van der Waals surface area contributed by atoms with E-state index >= 15 is 0 Å². The molecule has 1 aromatic heterocycles. The first-order valence-corrected chi connectivity index (χ1v) is 10.7. The molecular weight excluding hydrogens is 513 g/mol. The van der Waals surface area contributed by atoms with Crippen LogP contribution in [0.2, 0.25) is 0 Å². The quantitative estimate of drug-likeness (QED) is 0.176. The molecule has 30 heavy (non-hydrogen) atoms. The smallest absolute Gasteiger partial charge is 0.261 e. The van der Waals surface area contributed by atoms with Crippen molar-refractivity contribution >= 4 is 53.1 Å². The van der Waals surface area contributed by atoms with Crippen LogP contribution in [0.5, 0.6) is 0 Å². The third-order valence-corrected chi connectivity index (χ3v) is 6.04. The Kier molecular flexibility index (Phi) is 9.22. The Labute approximate surface area is 198 Å². The maximum absolute atomic E-state index is 12.3. The first-order chi connectivity index (χ1) is 14.0. The van der Waals surface area contributed by atoms with E-state index in [0.29, 0.717) is 17.7 Å². The summed E-state index contributed by atoms with van der Waals surface area (Å²) in [6.45, 7) is 6.04. The number of amides is 2. The molecule has 0 bridgehead atoms. The van der Waals surface area contributed by atoms with Crippen molar-refractivity contribution < 1.29 is 9.59 Å². The Bertz CT molecular complexity index is 873. The van der Waals surface area contributed by atoms with E-state index < -0.39 is 0 Å². The number of aliphatic imine (C=N–C) groups is 1. The highest BCUT2D eigenvalue weighted by Crippen LogP contribution is 2.22. The van der Waals surface area contributed by atoms with Crippen molar-refractivity contribution in [2.75, 3.05) is 26.7 Å². The SMILES string of the molecule is CN=C(NCCCCN1C(=O)c2ccccc2C1=O)NCCc1nc(C)c(C)s1.I. The van der Waals surface area contributed by atoms with Crippen LogP contribution >= 0.6 is 35.3 Å². The second kappa shape index (κ2) is 11.4. The Hall–Kier alpha value is -2.01. The minimum absolute atomic E-state index is 0. The molecule has 1 aliphatic heterocycles. The van der Waals surface area contributed by atoms with E-state index in [2.05, 4.69) is 27.5 Å². The van der Waals surface area contributed by atoms with Crippen molar-refractivity contribution in [3.8, 4) is 0 Å². The number of nitrogens with one attached hydrogen (secondary N) is 2. The zero-order valence-corrected chi connectivity index (χ0v) is 20.7.